The van der Waals surface area contributed by atoms with E-state index in [2.05, 4.69) is 33.9 Å². The van der Waals surface area contributed by atoms with E-state index in [1.165, 1.54) is 29.0 Å². The summed E-state index contributed by atoms with van der Waals surface area (Å²) in [6.07, 6.45) is 6.39. The van der Waals surface area contributed by atoms with Gasteiger partial charge in [-0.3, -0.25) is 9.88 Å². The van der Waals surface area contributed by atoms with Gasteiger partial charge >= 0.3 is 0 Å². The van der Waals surface area contributed by atoms with Crippen molar-refractivity contribution in [3.8, 4) is 0 Å². The fourth-order valence-electron chi connectivity index (χ4n) is 3.11. The van der Waals surface area contributed by atoms with E-state index in [1.54, 1.807) is 11.3 Å². The molecule has 0 radical (unpaired) electrons. The minimum atomic E-state index is 0.402. The average Bonchev–Trinajstić information content (AvgIpc) is 3.12. The number of thiazole rings is 1. The van der Waals surface area contributed by atoms with Gasteiger partial charge in [0.05, 0.1) is 17.2 Å². The van der Waals surface area contributed by atoms with Gasteiger partial charge in [0, 0.05) is 35.9 Å². The molecule has 2 aromatic heterocycles. The Hall–Kier alpha value is -1.37. The molecule has 22 heavy (non-hydrogen) atoms. The maximum Gasteiger partial charge on any atom is 0.125 e. The largest absolute Gasteiger partial charge is 0.305 e. The molecule has 3 rings (SSSR count). The first-order valence-corrected chi connectivity index (χ1v) is 8.60. The SMILES string of the molecule is Cc1ncc(CN(C)C)c([C@H]2CCCN2Cc2cncs2)n1. The first kappa shape index (κ1) is 15.5. The zero-order chi connectivity index (χ0) is 15.5. The third-order valence-corrected chi connectivity index (χ3v) is 4.79. The molecule has 1 atom stereocenters. The third kappa shape index (κ3) is 3.51. The molecule has 3 heterocycles. The molecular formula is C16H23N5S. The number of aryl methyl sites for hydroxylation is 1. The van der Waals surface area contributed by atoms with Crippen LogP contribution in [0.25, 0.3) is 0 Å². The summed E-state index contributed by atoms with van der Waals surface area (Å²) >= 11 is 1.73. The van der Waals surface area contributed by atoms with Crippen molar-refractivity contribution in [2.45, 2.75) is 38.9 Å². The van der Waals surface area contributed by atoms with Gasteiger partial charge in [0.15, 0.2) is 0 Å². The zero-order valence-electron chi connectivity index (χ0n) is 13.5. The number of likely N-dealkylation sites (tertiary alicyclic amines) is 1. The van der Waals surface area contributed by atoms with Crippen molar-refractivity contribution in [1.29, 1.82) is 0 Å². The molecule has 1 saturated heterocycles. The van der Waals surface area contributed by atoms with Gasteiger partial charge in [0.1, 0.15) is 5.82 Å². The Morgan fingerprint density at radius 2 is 2.23 bits per heavy atom. The molecule has 0 N–H and O–H groups in total. The van der Waals surface area contributed by atoms with Crippen LogP contribution >= 0.6 is 11.3 Å². The van der Waals surface area contributed by atoms with Gasteiger partial charge in [-0.1, -0.05) is 0 Å². The van der Waals surface area contributed by atoms with Crippen LogP contribution in [-0.2, 0) is 13.1 Å². The van der Waals surface area contributed by atoms with Crippen LogP contribution in [0.2, 0.25) is 0 Å². The minimum absolute atomic E-state index is 0.402. The topological polar surface area (TPSA) is 45.2 Å². The van der Waals surface area contributed by atoms with E-state index < -0.39 is 0 Å². The summed E-state index contributed by atoms with van der Waals surface area (Å²) in [7, 11) is 4.18. The highest BCUT2D eigenvalue weighted by atomic mass is 32.1. The Kier molecular flexibility index (Phi) is 4.81. The molecule has 1 fully saturated rings. The highest BCUT2D eigenvalue weighted by Gasteiger charge is 2.29. The van der Waals surface area contributed by atoms with Crippen LogP contribution in [0.3, 0.4) is 0 Å². The molecule has 1 aliphatic rings. The predicted molar refractivity (Wildman–Crippen MR) is 88.7 cm³/mol. The molecular weight excluding hydrogens is 294 g/mol. The van der Waals surface area contributed by atoms with Gasteiger partial charge in [-0.15, -0.1) is 11.3 Å². The van der Waals surface area contributed by atoms with E-state index in [0.29, 0.717) is 6.04 Å². The van der Waals surface area contributed by atoms with Crippen molar-refractivity contribution in [3.05, 3.63) is 39.9 Å². The maximum atomic E-state index is 4.80. The van der Waals surface area contributed by atoms with E-state index in [0.717, 1.165) is 25.5 Å². The minimum Gasteiger partial charge on any atom is -0.305 e. The lowest BCUT2D eigenvalue weighted by atomic mass is 10.1. The molecule has 0 aromatic carbocycles. The van der Waals surface area contributed by atoms with Crippen molar-refractivity contribution in [3.63, 3.8) is 0 Å². The molecule has 1 aliphatic heterocycles. The normalized spacial score (nSPS) is 19.2. The summed E-state index contributed by atoms with van der Waals surface area (Å²) in [6, 6.07) is 0.402. The molecule has 0 aliphatic carbocycles. The van der Waals surface area contributed by atoms with Crippen molar-refractivity contribution < 1.29 is 0 Å². The number of hydrogen-bond donors (Lipinski definition) is 0. The first-order chi connectivity index (χ1) is 10.6. The van der Waals surface area contributed by atoms with Crippen LogP contribution in [0.5, 0.6) is 0 Å². The second-order valence-corrected chi connectivity index (χ2v) is 7.13. The second-order valence-electron chi connectivity index (χ2n) is 6.16. The lowest BCUT2D eigenvalue weighted by Gasteiger charge is -2.26. The van der Waals surface area contributed by atoms with Crippen molar-refractivity contribution in [1.82, 2.24) is 24.8 Å². The monoisotopic (exact) mass is 317 g/mol. The fourth-order valence-corrected chi connectivity index (χ4v) is 3.73. The average molecular weight is 317 g/mol. The van der Waals surface area contributed by atoms with Crippen molar-refractivity contribution >= 4 is 11.3 Å². The Labute approximate surface area is 136 Å². The van der Waals surface area contributed by atoms with Gasteiger partial charge in [0.2, 0.25) is 0 Å². The quantitative estimate of drug-likeness (QED) is 0.848. The lowest BCUT2D eigenvalue weighted by Crippen LogP contribution is -2.25. The highest BCUT2D eigenvalue weighted by Crippen LogP contribution is 2.34. The predicted octanol–water partition coefficient (Wildman–Crippen LogP) is 2.64. The summed E-state index contributed by atoms with van der Waals surface area (Å²) in [4.78, 5) is 19.4. The van der Waals surface area contributed by atoms with Gasteiger partial charge < -0.3 is 4.90 Å². The van der Waals surface area contributed by atoms with Gasteiger partial charge in [-0.25, -0.2) is 9.97 Å². The smallest absolute Gasteiger partial charge is 0.125 e. The zero-order valence-corrected chi connectivity index (χ0v) is 14.3. The van der Waals surface area contributed by atoms with Gasteiger partial charge in [0.25, 0.3) is 0 Å². The second kappa shape index (κ2) is 6.81. The fraction of sp³-hybridized carbons (Fsp3) is 0.562. The van der Waals surface area contributed by atoms with E-state index >= 15 is 0 Å². The van der Waals surface area contributed by atoms with Gasteiger partial charge in [-0.05, 0) is 40.4 Å². The molecule has 0 bridgehead atoms. The summed E-state index contributed by atoms with van der Waals surface area (Å²) in [5.74, 6) is 0.863. The number of nitrogens with zero attached hydrogens (tertiary/aromatic N) is 5. The molecule has 2 aromatic rings. The third-order valence-electron chi connectivity index (χ3n) is 4.03. The number of hydrogen-bond acceptors (Lipinski definition) is 6. The molecule has 0 amide bonds. The summed E-state index contributed by atoms with van der Waals surface area (Å²) in [5, 5.41) is 0. The summed E-state index contributed by atoms with van der Waals surface area (Å²) in [5.41, 5.74) is 4.37. The molecule has 118 valence electrons. The van der Waals surface area contributed by atoms with E-state index in [1.807, 2.05) is 24.8 Å². The Morgan fingerprint density at radius 1 is 1.36 bits per heavy atom. The van der Waals surface area contributed by atoms with E-state index in [4.69, 9.17) is 4.98 Å². The standard InChI is InChI=1S/C16H23N5S/c1-12-18-7-13(9-20(2)3)16(19-12)15-5-4-6-21(15)10-14-8-17-11-22-14/h7-8,11,15H,4-6,9-10H2,1-3H3/t15-/m1/s1. The van der Waals surface area contributed by atoms with Crippen molar-refractivity contribution in [2.24, 2.45) is 0 Å². The van der Waals surface area contributed by atoms with Crippen LogP contribution in [0.4, 0.5) is 0 Å². The number of aromatic nitrogens is 3. The molecule has 6 heteroatoms. The molecule has 0 saturated carbocycles. The highest BCUT2D eigenvalue weighted by molar-refractivity contribution is 7.09. The van der Waals surface area contributed by atoms with Gasteiger partial charge in [-0.2, -0.15) is 0 Å². The van der Waals surface area contributed by atoms with Crippen molar-refractivity contribution in [2.75, 3.05) is 20.6 Å². The van der Waals surface area contributed by atoms with Crippen LogP contribution < -0.4 is 0 Å². The summed E-state index contributed by atoms with van der Waals surface area (Å²) in [6.45, 7) is 4.97. The van der Waals surface area contributed by atoms with Crippen LogP contribution in [-0.4, -0.2) is 45.4 Å². The lowest BCUT2D eigenvalue weighted by molar-refractivity contribution is 0.243. The first-order valence-electron chi connectivity index (χ1n) is 7.72. The van der Waals surface area contributed by atoms with Crippen LogP contribution in [0.15, 0.2) is 17.9 Å². The molecule has 0 unspecified atom stereocenters. The van der Waals surface area contributed by atoms with Crippen LogP contribution in [0.1, 0.15) is 40.8 Å². The Bertz CT molecular complexity index is 611. The Balaban J connectivity index is 1.86. The Morgan fingerprint density at radius 3 is 2.95 bits per heavy atom. The van der Waals surface area contributed by atoms with Crippen LogP contribution in [0, 0.1) is 6.92 Å². The summed E-state index contributed by atoms with van der Waals surface area (Å²) < 4.78 is 0. The number of rotatable bonds is 5. The molecule has 5 nitrogen and oxygen atoms in total. The molecule has 0 spiro atoms. The van der Waals surface area contributed by atoms with E-state index in [9.17, 15) is 0 Å². The maximum absolute atomic E-state index is 4.80. The van der Waals surface area contributed by atoms with E-state index in [-0.39, 0.29) is 0 Å².